The van der Waals surface area contributed by atoms with Crippen LogP contribution in [0.2, 0.25) is 0 Å². The monoisotopic (exact) mass is 600 g/mol. The van der Waals surface area contributed by atoms with Gasteiger partial charge >= 0.3 is 0 Å². The Morgan fingerprint density at radius 1 is 0.857 bits per heavy atom. The second kappa shape index (κ2) is 14.1. The standard InChI is InChI=1S/C32H40O9S/c1-6-14-39-32-29(40-19-22-10-8-7-9-11-22)17-24(18-30(32)42(34,35)20-21(2)33)26-13-12-25(41-26)23-15-27(36-3)31(38-5)28(16-23)37-4/h7-11,15-18,21,25-26,33H,6,12-14,19-20H2,1-5H3/t21-,25+,26+/m1/s1. The minimum Gasteiger partial charge on any atom is -0.493 e. The van der Waals surface area contributed by atoms with Crippen LogP contribution in [0.5, 0.6) is 28.7 Å². The van der Waals surface area contributed by atoms with E-state index in [0.29, 0.717) is 54.4 Å². The van der Waals surface area contributed by atoms with Crippen molar-refractivity contribution in [2.24, 2.45) is 0 Å². The summed E-state index contributed by atoms with van der Waals surface area (Å²) in [5.74, 6) is 1.56. The van der Waals surface area contributed by atoms with Crippen LogP contribution in [0.25, 0.3) is 0 Å². The first-order chi connectivity index (χ1) is 20.2. The van der Waals surface area contributed by atoms with E-state index in [1.807, 2.05) is 49.4 Å². The SMILES string of the molecule is CCCOc1c(OCc2ccccc2)cc([C@@H]2CC[C@@H](c3cc(OC)c(OC)c(OC)c3)O2)cc1S(=O)(=O)C[C@@H](C)O. The van der Waals surface area contributed by atoms with Crippen LogP contribution in [0.15, 0.2) is 59.5 Å². The summed E-state index contributed by atoms with van der Waals surface area (Å²) >= 11 is 0. The van der Waals surface area contributed by atoms with Crippen LogP contribution in [0.1, 0.15) is 62.0 Å². The molecule has 0 saturated carbocycles. The first kappa shape index (κ1) is 31.5. The minimum atomic E-state index is -3.93. The topological polar surface area (TPSA) is 110 Å². The lowest BCUT2D eigenvalue weighted by Crippen LogP contribution is -2.19. The normalized spacial score (nSPS) is 17.5. The second-order valence-electron chi connectivity index (χ2n) is 10.2. The highest BCUT2D eigenvalue weighted by atomic mass is 32.2. The van der Waals surface area contributed by atoms with Gasteiger partial charge in [0.1, 0.15) is 11.5 Å². The van der Waals surface area contributed by atoms with Crippen LogP contribution < -0.4 is 23.7 Å². The Balaban J connectivity index is 1.73. The van der Waals surface area contributed by atoms with Gasteiger partial charge in [-0.1, -0.05) is 37.3 Å². The van der Waals surface area contributed by atoms with E-state index < -0.39 is 27.8 Å². The maximum atomic E-state index is 13.5. The molecular weight excluding hydrogens is 560 g/mol. The van der Waals surface area contributed by atoms with E-state index in [2.05, 4.69) is 0 Å². The van der Waals surface area contributed by atoms with Gasteiger partial charge < -0.3 is 33.5 Å². The smallest absolute Gasteiger partial charge is 0.203 e. The first-order valence-electron chi connectivity index (χ1n) is 14.0. The van der Waals surface area contributed by atoms with Gasteiger partial charge in [-0.15, -0.1) is 0 Å². The van der Waals surface area contributed by atoms with Crippen molar-refractivity contribution in [2.75, 3.05) is 33.7 Å². The average molecular weight is 601 g/mol. The van der Waals surface area contributed by atoms with E-state index in [0.717, 1.165) is 11.1 Å². The molecule has 3 atom stereocenters. The van der Waals surface area contributed by atoms with Crippen molar-refractivity contribution in [3.8, 4) is 28.7 Å². The largest absolute Gasteiger partial charge is 0.493 e. The van der Waals surface area contributed by atoms with E-state index in [9.17, 15) is 13.5 Å². The van der Waals surface area contributed by atoms with Crippen LogP contribution in [0.4, 0.5) is 0 Å². The number of sulfone groups is 1. The highest BCUT2D eigenvalue weighted by Crippen LogP contribution is 2.48. The molecule has 1 heterocycles. The lowest BCUT2D eigenvalue weighted by Gasteiger charge is -2.21. The van der Waals surface area contributed by atoms with Gasteiger partial charge in [-0.2, -0.15) is 0 Å². The predicted molar refractivity (Wildman–Crippen MR) is 159 cm³/mol. The molecule has 1 saturated heterocycles. The quantitative estimate of drug-likeness (QED) is 0.244. The van der Waals surface area contributed by atoms with Crippen molar-refractivity contribution >= 4 is 9.84 Å². The Morgan fingerprint density at radius 2 is 1.45 bits per heavy atom. The Hall–Kier alpha value is -3.47. The predicted octanol–water partition coefficient (Wildman–Crippen LogP) is 5.83. The van der Waals surface area contributed by atoms with Crippen molar-refractivity contribution < 1.29 is 41.9 Å². The molecule has 0 bridgehead atoms. The summed E-state index contributed by atoms with van der Waals surface area (Å²) in [5.41, 5.74) is 2.44. The Labute approximate surface area is 248 Å². The maximum Gasteiger partial charge on any atom is 0.203 e. The number of rotatable bonds is 14. The van der Waals surface area contributed by atoms with Gasteiger partial charge in [-0.25, -0.2) is 8.42 Å². The molecule has 0 unspecified atom stereocenters. The van der Waals surface area contributed by atoms with E-state index in [1.54, 1.807) is 33.5 Å². The molecule has 1 N–H and O–H groups in total. The highest BCUT2D eigenvalue weighted by Gasteiger charge is 2.33. The number of aliphatic hydroxyl groups is 1. The molecular formula is C32H40O9S. The van der Waals surface area contributed by atoms with E-state index in [-0.39, 0.29) is 23.4 Å². The van der Waals surface area contributed by atoms with Crippen molar-refractivity contribution in [2.45, 2.75) is 62.9 Å². The zero-order chi connectivity index (χ0) is 30.3. The van der Waals surface area contributed by atoms with Crippen LogP contribution in [-0.2, 0) is 21.2 Å². The van der Waals surface area contributed by atoms with E-state index in [4.69, 9.17) is 28.4 Å². The molecule has 3 aromatic rings. The first-order valence-corrected chi connectivity index (χ1v) is 15.7. The summed E-state index contributed by atoms with van der Waals surface area (Å²) in [6, 6.07) is 16.7. The summed E-state index contributed by atoms with van der Waals surface area (Å²) in [4.78, 5) is -0.0164. The molecule has 10 heteroatoms. The summed E-state index contributed by atoms with van der Waals surface area (Å²) in [5, 5.41) is 10.00. The molecule has 3 aromatic carbocycles. The van der Waals surface area contributed by atoms with Gasteiger partial charge in [-0.3, -0.25) is 0 Å². The number of methoxy groups -OCH3 is 3. The average Bonchev–Trinajstić information content (AvgIpc) is 3.48. The zero-order valence-electron chi connectivity index (χ0n) is 24.8. The Morgan fingerprint density at radius 3 is 2.00 bits per heavy atom. The minimum absolute atomic E-state index is 0.0164. The summed E-state index contributed by atoms with van der Waals surface area (Å²) in [6.45, 7) is 3.92. The molecule has 0 radical (unpaired) electrons. The summed E-state index contributed by atoms with van der Waals surface area (Å²) in [7, 11) is 0.752. The lowest BCUT2D eigenvalue weighted by molar-refractivity contribution is 0.0434. The number of aliphatic hydroxyl groups excluding tert-OH is 1. The third kappa shape index (κ3) is 7.29. The molecule has 4 rings (SSSR count). The Bertz CT molecular complexity index is 1410. The van der Waals surface area contributed by atoms with Crippen molar-refractivity contribution in [1.29, 1.82) is 0 Å². The third-order valence-electron chi connectivity index (χ3n) is 6.98. The molecule has 1 fully saturated rings. The zero-order valence-corrected chi connectivity index (χ0v) is 25.6. The molecule has 0 aromatic heterocycles. The highest BCUT2D eigenvalue weighted by molar-refractivity contribution is 7.91. The van der Waals surface area contributed by atoms with Gasteiger partial charge in [0.15, 0.2) is 32.8 Å². The number of benzene rings is 3. The van der Waals surface area contributed by atoms with Gasteiger partial charge in [0.05, 0.1) is 52.0 Å². The molecule has 228 valence electrons. The van der Waals surface area contributed by atoms with E-state index in [1.165, 1.54) is 6.92 Å². The molecule has 0 amide bonds. The van der Waals surface area contributed by atoms with Crippen molar-refractivity contribution in [3.63, 3.8) is 0 Å². The fraction of sp³-hybridized carbons (Fsp3) is 0.438. The van der Waals surface area contributed by atoms with Crippen LogP contribution in [0, 0.1) is 0 Å². The second-order valence-corrected chi connectivity index (χ2v) is 12.3. The molecule has 1 aliphatic rings. The molecule has 0 spiro atoms. The molecule has 0 aliphatic carbocycles. The van der Waals surface area contributed by atoms with Gasteiger partial charge in [0.2, 0.25) is 5.75 Å². The van der Waals surface area contributed by atoms with Gasteiger partial charge in [-0.05, 0) is 67.1 Å². The van der Waals surface area contributed by atoms with Crippen molar-refractivity contribution in [3.05, 3.63) is 71.3 Å². The lowest BCUT2D eigenvalue weighted by atomic mass is 10.0. The number of ether oxygens (including phenoxy) is 6. The van der Waals surface area contributed by atoms with Crippen LogP contribution >= 0.6 is 0 Å². The number of hydrogen-bond donors (Lipinski definition) is 1. The summed E-state index contributed by atoms with van der Waals surface area (Å²) in [6.07, 6.45) is 0.258. The van der Waals surface area contributed by atoms with Crippen LogP contribution in [0.3, 0.4) is 0 Å². The van der Waals surface area contributed by atoms with Crippen LogP contribution in [-0.4, -0.2) is 53.3 Å². The molecule has 9 nitrogen and oxygen atoms in total. The molecule has 42 heavy (non-hydrogen) atoms. The summed E-state index contributed by atoms with van der Waals surface area (Å²) < 4.78 is 62.3. The maximum absolute atomic E-state index is 13.5. The van der Waals surface area contributed by atoms with Gasteiger partial charge in [0, 0.05) is 0 Å². The van der Waals surface area contributed by atoms with Crippen molar-refractivity contribution in [1.82, 2.24) is 0 Å². The Kier molecular flexibility index (Phi) is 10.6. The van der Waals surface area contributed by atoms with Gasteiger partial charge in [0.25, 0.3) is 0 Å². The number of hydrogen-bond acceptors (Lipinski definition) is 9. The third-order valence-corrected chi connectivity index (χ3v) is 8.87. The fourth-order valence-electron chi connectivity index (χ4n) is 5.02. The fourth-order valence-corrected chi connectivity index (χ4v) is 6.60. The molecule has 1 aliphatic heterocycles. The van der Waals surface area contributed by atoms with E-state index >= 15 is 0 Å².